The highest BCUT2D eigenvalue weighted by molar-refractivity contribution is 6.51. The first-order chi connectivity index (χ1) is 18.7. The van der Waals surface area contributed by atoms with Crippen molar-refractivity contribution in [2.24, 2.45) is 9.98 Å². The second-order valence-corrected chi connectivity index (χ2v) is 9.71. The van der Waals surface area contributed by atoms with Crippen molar-refractivity contribution >= 4 is 46.2 Å². The van der Waals surface area contributed by atoms with Crippen molar-refractivity contribution in [1.82, 2.24) is 9.78 Å². The van der Waals surface area contributed by atoms with Crippen molar-refractivity contribution in [3.05, 3.63) is 131 Å². The molecule has 0 radical (unpaired) electrons. The molecule has 0 saturated heterocycles. The summed E-state index contributed by atoms with van der Waals surface area (Å²) in [5, 5.41) is 9.18. The Morgan fingerprint density at radius 3 is 2.32 bits per heavy atom. The monoisotopic (exact) mass is 514 g/mol. The van der Waals surface area contributed by atoms with E-state index in [0.717, 1.165) is 51.2 Å². The van der Waals surface area contributed by atoms with E-state index in [0.29, 0.717) is 10.9 Å². The van der Waals surface area contributed by atoms with Crippen LogP contribution in [0.15, 0.2) is 119 Å². The second kappa shape index (κ2) is 9.01. The van der Waals surface area contributed by atoms with Crippen LogP contribution in [0.1, 0.15) is 22.9 Å². The fourth-order valence-electron chi connectivity index (χ4n) is 5.20. The number of hydrogen-bond donors (Lipinski definition) is 1. The molecule has 0 amide bonds. The second-order valence-electron chi connectivity index (χ2n) is 9.27. The van der Waals surface area contributed by atoms with Crippen molar-refractivity contribution in [3.8, 4) is 5.69 Å². The Bertz CT molecular complexity index is 1720. The molecule has 0 bridgehead atoms. The molecule has 3 heterocycles. The van der Waals surface area contributed by atoms with Gasteiger partial charge in [0.2, 0.25) is 0 Å². The maximum atomic E-state index is 6.54. The van der Waals surface area contributed by atoms with Gasteiger partial charge in [0.1, 0.15) is 0 Å². The molecule has 0 saturated carbocycles. The molecule has 2 aliphatic heterocycles. The molecule has 4 aromatic carbocycles. The van der Waals surface area contributed by atoms with E-state index in [9.17, 15) is 0 Å². The largest absolute Gasteiger partial charge is 0.337 e. The molecule has 0 spiro atoms. The average Bonchev–Trinajstić information content (AvgIpc) is 3.29. The summed E-state index contributed by atoms with van der Waals surface area (Å²) >= 11 is 6.54. The van der Waals surface area contributed by atoms with Crippen LogP contribution in [0.25, 0.3) is 5.69 Å². The summed E-state index contributed by atoms with van der Waals surface area (Å²) in [4.78, 5) is 12.5. The van der Waals surface area contributed by atoms with E-state index in [4.69, 9.17) is 26.7 Å². The number of nitrogens with one attached hydrogen (secondary N) is 1. The number of aliphatic imine (C=N–C) groups is 2. The van der Waals surface area contributed by atoms with E-state index in [-0.39, 0.29) is 6.04 Å². The van der Waals surface area contributed by atoms with Crippen LogP contribution in [0, 0.1) is 6.92 Å². The van der Waals surface area contributed by atoms with Crippen LogP contribution in [-0.4, -0.2) is 21.5 Å². The van der Waals surface area contributed by atoms with Crippen molar-refractivity contribution in [2.75, 3.05) is 10.2 Å². The quantitative estimate of drug-likeness (QED) is 0.269. The highest BCUT2D eigenvalue weighted by atomic mass is 35.5. The Labute approximate surface area is 225 Å². The summed E-state index contributed by atoms with van der Waals surface area (Å²) in [6.07, 6.45) is 0. The van der Waals surface area contributed by atoms with E-state index >= 15 is 0 Å². The van der Waals surface area contributed by atoms with Crippen molar-refractivity contribution in [1.29, 1.82) is 0 Å². The van der Waals surface area contributed by atoms with Crippen LogP contribution in [0.4, 0.5) is 22.9 Å². The lowest BCUT2D eigenvalue weighted by Gasteiger charge is -2.40. The number of amidine groups is 2. The lowest BCUT2D eigenvalue weighted by Crippen LogP contribution is -2.46. The van der Waals surface area contributed by atoms with Crippen LogP contribution < -0.4 is 10.2 Å². The minimum atomic E-state index is -0.210. The van der Waals surface area contributed by atoms with Gasteiger partial charge in [-0.05, 0) is 61.0 Å². The molecule has 0 aliphatic carbocycles. The molecule has 6 nitrogen and oxygen atoms in total. The van der Waals surface area contributed by atoms with E-state index in [1.54, 1.807) is 0 Å². The molecule has 1 N–H and O–H groups in total. The van der Waals surface area contributed by atoms with Crippen molar-refractivity contribution in [3.63, 3.8) is 0 Å². The molecule has 7 rings (SSSR count). The summed E-state index contributed by atoms with van der Waals surface area (Å²) in [5.41, 5.74) is 6.74. The number of nitrogens with zero attached hydrogens (tertiary/aromatic N) is 5. The minimum Gasteiger partial charge on any atom is -0.337 e. The van der Waals surface area contributed by atoms with Gasteiger partial charge in [0.25, 0.3) is 0 Å². The van der Waals surface area contributed by atoms with Crippen molar-refractivity contribution in [2.45, 2.75) is 13.0 Å². The van der Waals surface area contributed by atoms with Crippen LogP contribution in [0.3, 0.4) is 0 Å². The molecule has 0 fully saturated rings. The Balaban J connectivity index is 1.51. The van der Waals surface area contributed by atoms with Gasteiger partial charge in [-0.3, -0.25) is 0 Å². The summed E-state index contributed by atoms with van der Waals surface area (Å²) in [6, 6.07) is 36.1. The summed E-state index contributed by atoms with van der Waals surface area (Å²) in [5.74, 6) is 2.18. The third kappa shape index (κ3) is 3.69. The van der Waals surface area contributed by atoms with Gasteiger partial charge in [-0.2, -0.15) is 5.10 Å². The molecule has 7 heteroatoms. The Kier molecular flexibility index (Phi) is 5.34. The molecule has 2 aliphatic rings. The number of benzene rings is 4. The average molecular weight is 515 g/mol. The number of halogens is 1. The lowest BCUT2D eigenvalue weighted by molar-refractivity contribution is 0.815. The zero-order chi connectivity index (χ0) is 25.6. The molecule has 184 valence electrons. The fraction of sp³-hybridized carbons (Fsp3) is 0.0645. The normalized spacial score (nSPS) is 15.6. The number of fused-ring (bicyclic) bond motifs is 4. The predicted octanol–water partition coefficient (Wildman–Crippen LogP) is 7.63. The van der Waals surface area contributed by atoms with Gasteiger partial charge in [0.15, 0.2) is 17.5 Å². The minimum absolute atomic E-state index is 0.210. The summed E-state index contributed by atoms with van der Waals surface area (Å²) in [6.45, 7) is 2.05. The maximum Gasteiger partial charge on any atom is 0.179 e. The molecule has 0 unspecified atom stereocenters. The number of aromatic nitrogens is 2. The van der Waals surface area contributed by atoms with Crippen molar-refractivity contribution < 1.29 is 0 Å². The number of rotatable bonds is 3. The Morgan fingerprint density at radius 2 is 1.53 bits per heavy atom. The lowest BCUT2D eigenvalue weighted by atomic mass is 9.93. The van der Waals surface area contributed by atoms with Gasteiger partial charge in [-0.25, -0.2) is 14.7 Å². The number of anilines is 2. The molecular weight excluding hydrogens is 492 g/mol. The smallest absolute Gasteiger partial charge is 0.179 e. The molecule has 1 atom stereocenters. The van der Waals surface area contributed by atoms with Crippen LogP contribution in [-0.2, 0) is 0 Å². The van der Waals surface area contributed by atoms with Crippen LogP contribution >= 0.6 is 11.6 Å². The zero-order valence-electron chi connectivity index (χ0n) is 20.6. The van der Waals surface area contributed by atoms with Crippen LogP contribution in [0.2, 0.25) is 5.02 Å². The molecular formula is C31H23ClN6. The SMILES string of the molecule is Cc1nn(-c2ccccc2)c2c1[C@@H](c1cccc(Cl)c1)N1C(=N2)C(Nc2ccccc2)=Nc2ccccc21. The van der Waals surface area contributed by atoms with Gasteiger partial charge in [-0.15, -0.1) is 0 Å². The number of hydrogen-bond acceptors (Lipinski definition) is 5. The Morgan fingerprint density at radius 1 is 0.789 bits per heavy atom. The van der Waals surface area contributed by atoms with E-state index in [2.05, 4.69) is 22.3 Å². The first-order valence-electron chi connectivity index (χ1n) is 12.5. The first kappa shape index (κ1) is 22.5. The van der Waals surface area contributed by atoms with Gasteiger partial charge in [-0.1, -0.05) is 72.3 Å². The van der Waals surface area contributed by atoms with E-state index < -0.39 is 0 Å². The number of aryl methyl sites for hydroxylation is 1. The van der Waals surface area contributed by atoms with Gasteiger partial charge in [0, 0.05) is 16.3 Å². The maximum absolute atomic E-state index is 6.54. The fourth-order valence-corrected chi connectivity index (χ4v) is 5.40. The summed E-state index contributed by atoms with van der Waals surface area (Å²) in [7, 11) is 0. The highest BCUT2D eigenvalue weighted by Crippen LogP contribution is 2.48. The van der Waals surface area contributed by atoms with Crippen LogP contribution in [0.5, 0.6) is 0 Å². The molecule has 38 heavy (non-hydrogen) atoms. The van der Waals surface area contributed by atoms with E-state index in [1.165, 1.54) is 0 Å². The summed E-state index contributed by atoms with van der Waals surface area (Å²) < 4.78 is 1.92. The molecule has 5 aromatic rings. The first-order valence-corrected chi connectivity index (χ1v) is 12.8. The third-order valence-electron chi connectivity index (χ3n) is 6.84. The third-order valence-corrected chi connectivity index (χ3v) is 7.08. The zero-order valence-corrected chi connectivity index (χ0v) is 21.3. The number of para-hydroxylation sites is 4. The van der Waals surface area contributed by atoms with Gasteiger partial charge >= 0.3 is 0 Å². The van der Waals surface area contributed by atoms with E-state index in [1.807, 2.05) is 109 Å². The van der Waals surface area contributed by atoms with Gasteiger partial charge in [0.05, 0.1) is 28.8 Å². The van der Waals surface area contributed by atoms with Gasteiger partial charge < -0.3 is 10.2 Å². The standard InChI is InChI=1S/C31H23ClN6/c1-20-27-28(21-11-10-12-22(32)19-21)37-26-18-9-8-17-25(26)34-29(33-23-13-4-2-5-14-23)31(37)35-30(27)38(36-20)24-15-6-3-7-16-24/h2-19,28H,1H3,(H,33,34)/t28-/m1/s1. The Hall–Kier alpha value is -4.68. The highest BCUT2D eigenvalue weighted by Gasteiger charge is 2.41. The molecule has 1 aromatic heterocycles. The predicted molar refractivity (Wildman–Crippen MR) is 155 cm³/mol. The topological polar surface area (TPSA) is 57.8 Å².